The summed E-state index contributed by atoms with van der Waals surface area (Å²) in [4.78, 5) is 12.5. The van der Waals surface area contributed by atoms with E-state index in [4.69, 9.17) is 9.47 Å². The van der Waals surface area contributed by atoms with Crippen LogP contribution in [0.3, 0.4) is 0 Å². The highest BCUT2D eigenvalue weighted by atomic mass is 16.5. The molecule has 0 unspecified atom stereocenters. The summed E-state index contributed by atoms with van der Waals surface area (Å²) < 4.78 is 13.5. The van der Waals surface area contributed by atoms with E-state index in [0.717, 1.165) is 17.0 Å². The Bertz CT molecular complexity index is 1120. The molecule has 0 bridgehead atoms. The van der Waals surface area contributed by atoms with Gasteiger partial charge in [0.15, 0.2) is 5.82 Å². The number of benzene rings is 2. The molecule has 0 aliphatic heterocycles. The van der Waals surface area contributed by atoms with E-state index < -0.39 is 5.97 Å². The van der Waals surface area contributed by atoms with Crippen molar-refractivity contribution in [3.8, 4) is 28.5 Å². The highest BCUT2D eigenvalue weighted by Gasteiger charge is 2.21. The number of methoxy groups -OCH3 is 1. The predicted molar refractivity (Wildman–Crippen MR) is 106 cm³/mol. The molecule has 0 N–H and O–H groups in total. The second kappa shape index (κ2) is 7.97. The van der Waals surface area contributed by atoms with Gasteiger partial charge in [-0.15, -0.1) is 10.2 Å². The molecular weight excluding hydrogens is 370 g/mol. The molecular formula is C21H19N5O3. The molecule has 0 amide bonds. The van der Waals surface area contributed by atoms with Gasteiger partial charge < -0.3 is 9.47 Å². The fraction of sp³-hybridized carbons (Fsp3) is 0.143. The van der Waals surface area contributed by atoms with E-state index in [2.05, 4.69) is 15.4 Å². The van der Waals surface area contributed by atoms with Crippen molar-refractivity contribution in [1.29, 1.82) is 0 Å². The average Bonchev–Trinajstić information content (AvgIpc) is 3.42. The molecule has 4 rings (SSSR count). The molecule has 0 aliphatic rings. The van der Waals surface area contributed by atoms with Crippen molar-refractivity contribution in [3.63, 3.8) is 0 Å². The molecule has 0 atom stereocenters. The summed E-state index contributed by atoms with van der Waals surface area (Å²) in [5.41, 5.74) is 2.67. The molecule has 0 aliphatic carbocycles. The van der Waals surface area contributed by atoms with E-state index in [1.807, 2.05) is 54.6 Å². The van der Waals surface area contributed by atoms with Crippen LogP contribution in [0.1, 0.15) is 17.3 Å². The Balaban J connectivity index is 1.76. The lowest BCUT2D eigenvalue weighted by atomic mass is 10.2. The number of esters is 1. The minimum atomic E-state index is -0.473. The Morgan fingerprint density at radius 2 is 1.76 bits per heavy atom. The van der Waals surface area contributed by atoms with Gasteiger partial charge in [0, 0.05) is 11.8 Å². The molecule has 2 heterocycles. The first-order valence-electron chi connectivity index (χ1n) is 9.09. The van der Waals surface area contributed by atoms with Crippen molar-refractivity contribution in [1.82, 2.24) is 24.8 Å². The Kier molecular flexibility index (Phi) is 5.07. The fourth-order valence-corrected chi connectivity index (χ4v) is 2.86. The zero-order valence-corrected chi connectivity index (χ0v) is 16.0. The molecule has 2 aromatic heterocycles. The smallest absolute Gasteiger partial charge is 0.343 e. The van der Waals surface area contributed by atoms with Crippen LogP contribution in [0.2, 0.25) is 0 Å². The van der Waals surface area contributed by atoms with Crippen LogP contribution in [0.15, 0.2) is 67.0 Å². The van der Waals surface area contributed by atoms with Crippen molar-refractivity contribution < 1.29 is 14.3 Å². The van der Waals surface area contributed by atoms with Crippen LogP contribution >= 0.6 is 0 Å². The quantitative estimate of drug-likeness (QED) is 0.471. The summed E-state index contributed by atoms with van der Waals surface area (Å²) >= 11 is 0. The maximum atomic E-state index is 12.5. The van der Waals surface area contributed by atoms with Gasteiger partial charge in [-0.25, -0.2) is 9.48 Å². The Morgan fingerprint density at radius 3 is 2.45 bits per heavy atom. The third kappa shape index (κ3) is 3.73. The van der Waals surface area contributed by atoms with E-state index in [9.17, 15) is 4.79 Å². The van der Waals surface area contributed by atoms with Gasteiger partial charge in [-0.05, 0) is 31.2 Å². The third-order valence-corrected chi connectivity index (χ3v) is 4.31. The standard InChI is InChI=1S/C21H19N5O3/c1-3-29-21(27)18-13-25(16-9-11-17(28-2)12-10-16)23-20(18)26-14-19(22-24-26)15-7-5-4-6-8-15/h4-14H,3H2,1-2H3. The van der Waals surface area contributed by atoms with Gasteiger partial charge in [0.25, 0.3) is 0 Å². The first-order valence-corrected chi connectivity index (χ1v) is 9.09. The first kappa shape index (κ1) is 18.4. The van der Waals surface area contributed by atoms with Crippen LogP contribution < -0.4 is 4.74 Å². The van der Waals surface area contributed by atoms with Crippen LogP contribution in [-0.4, -0.2) is 44.5 Å². The van der Waals surface area contributed by atoms with Crippen molar-refractivity contribution in [2.45, 2.75) is 6.92 Å². The van der Waals surface area contributed by atoms with E-state index in [-0.39, 0.29) is 6.61 Å². The van der Waals surface area contributed by atoms with Crippen LogP contribution in [0.4, 0.5) is 0 Å². The molecule has 0 fully saturated rings. The van der Waals surface area contributed by atoms with Gasteiger partial charge in [-0.1, -0.05) is 35.5 Å². The number of hydrogen-bond acceptors (Lipinski definition) is 6. The number of carbonyl (C=O) groups excluding carboxylic acids is 1. The van der Waals surface area contributed by atoms with E-state index >= 15 is 0 Å². The second-order valence-corrected chi connectivity index (χ2v) is 6.14. The second-order valence-electron chi connectivity index (χ2n) is 6.14. The number of carbonyl (C=O) groups is 1. The molecule has 0 spiro atoms. The zero-order chi connectivity index (χ0) is 20.2. The molecule has 8 heteroatoms. The van der Waals surface area contributed by atoms with Crippen LogP contribution in [0, 0.1) is 0 Å². The molecule has 4 aromatic rings. The summed E-state index contributed by atoms with van der Waals surface area (Å²) in [6.45, 7) is 2.02. The van der Waals surface area contributed by atoms with Gasteiger partial charge in [0.2, 0.25) is 0 Å². The first-order chi connectivity index (χ1) is 14.2. The molecule has 8 nitrogen and oxygen atoms in total. The van der Waals surface area contributed by atoms with Crippen molar-refractivity contribution in [2.75, 3.05) is 13.7 Å². The van der Waals surface area contributed by atoms with Crippen LogP contribution in [0.5, 0.6) is 5.75 Å². The van der Waals surface area contributed by atoms with Gasteiger partial charge in [-0.3, -0.25) is 0 Å². The predicted octanol–water partition coefficient (Wildman–Crippen LogP) is 3.31. The zero-order valence-electron chi connectivity index (χ0n) is 16.0. The van der Waals surface area contributed by atoms with E-state index in [0.29, 0.717) is 17.1 Å². The van der Waals surface area contributed by atoms with Gasteiger partial charge in [0.05, 0.1) is 25.6 Å². The Hall–Kier alpha value is -3.94. The maximum Gasteiger partial charge on any atom is 0.343 e. The summed E-state index contributed by atoms with van der Waals surface area (Å²) in [7, 11) is 1.61. The van der Waals surface area contributed by atoms with E-state index in [1.165, 1.54) is 4.68 Å². The lowest BCUT2D eigenvalue weighted by Gasteiger charge is -2.03. The minimum absolute atomic E-state index is 0.263. The SMILES string of the molecule is CCOC(=O)c1cn(-c2ccc(OC)cc2)nc1-n1cc(-c2ccccc2)nn1. The number of rotatable bonds is 6. The van der Waals surface area contributed by atoms with Gasteiger partial charge in [-0.2, -0.15) is 4.68 Å². The normalized spacial score (nSPS) is 10.7. The Labute approximate surface area is 167 Å². The van der Waals surface area contributed by atoms with Crippen molar-refractivity contribution in [2.24, 2.45) is 0 Å². The summed E-state index contributed by atoms with van der Waals surface area (Å²) in [6, 6.07) is 17.0. The number of aromatic nitrogens is 5. The lowest BCUT2D eigenvalue weighted by molar-refractivity contribution is 0.0526. The highest BCUT2D eigenvalue weighted by molar-refractivity contribution is 5.92. The third-order valence-electron chi connectivity index (χ3n) is 4.31. The summed E-state index contributed by atoms with van der Waals surface area (Å²) in [6.07, 6.45) is 3.36. The van der Waals surface area contributed by atoms with Crippen LogP contribution in [0.25, 0.3) is 22.8 Å². The largest absolute Gasteiger partial charge is 0.497 e. The molecule has 0 saturated heterocycles. The summed E-state index contributed by atoms with van der Waals surface area (Å²) in [5, 5.41) is 12.9. The lowest BCUT2D eigenvalue weighted by Crippen LogP contribution is -2.08. The number of ether oxygens (including phenoxy) is 2. The molecule has 146 valence electrons. The molecule has 29 heavy (non-hydrogen) atoms. The van der Waals surface area contributed by atoms with Gasteiger partial charge in [0.1, 0.15) is 17.0 Å². The molecule has 0 saturated carbocycles. The molecule has 0 radical (unpaired) electrons. The average molecular weight is 389 g/mol. The molecule has 2 aromatic carbocycles. The topological polar surface area (TPSA) is 84.1 Å². The monoisotopic (exact) mass is 389 g/mol. The number of nitrogens with zero attached hydrogens (tertiary/aromatic N) is 5. The summed E-state index contributed by atoms with van der Waals surface area (Å²) in [5.74, 6) is 0.600. The van der Waals surface area contributed by atoms with Crippen LogP contribution in [-0.2, 0) is 4.74 Å². The van der Waals surface area contributed by atoms with Gasteiger partial charge >= 0.3 is 5.97 Å². The number of hydrogen-bond donors (Lipinski definition) is 0. The van der Waals surface area contributed by atoms with Crippen molar-refractivity contribution >= 4 is 5.97 Å². The highest BCUT2D eigenvalue weighted by Crippen LogP contribution is 2.21. The fourth-order valence-electron chi connectivity index (χ4n) is 2.86. The van der Waals surface area contributed by atoms with E-state index in [1.54, 1.807) is 31.1 Å². The minimum Gasteiger partial charge on any atom is -0.497 e. The maximum absolute atomic E-state index is 12.5. The van der Waals surface area contributed by atoms with Crippen molar-refractivity contribution in [3.05, 3.63) is 72.6 Å². The Morgan fingerprint density at radius 1 is 1.00 bits per heavy atom.